The largest absolute Gasteiger partial charge is 0.389 e. The van der Waals surface area contributed by atoms with Gasteiger partial charge >= 0.3 is 0 Å². The van der Waals surface area contributed by atoms with Gasteiger partial charge in [-0.05, 0) is 18.4 Å². The lowest BCUT2D eigenvalue weighted by Crippen LogP contribution is -2.36. The Kier molecular flexibility index (Phi) is 8.07. The second kappa shape index (κ2) is 9.57. The van der Waals surface area contributed by atoms with Crippen LogP contribution in [-0.4, -0.2) is 42.4 Å². The van der Waals surface area contributed by atoms with Gasteiger partial charge in [-0.3, -0.25) is 4.90 Å². The first kappa shape index (κ1) is 17.7. The molecule has 0 saturated carbocycles. The minimum atomic E-state index is -0.512. The van der Waals surface area contributed by atoms with Crippen molar-refractivity contribution in [1.82, 2.24) is 4.90 Å². The predicted octanol–water partition coefficient (Wildman–Crippen LogP) is 2.46. The summed E-state index contributed by atoms with van der Waals surface area (Å²) < 4.78 is 5.20. The molecule has 3 nitrogen and oxygen atoms in total. The van der Waals surface area contributed by atoms with Gasteiger partial charge in [-0.2, -0.15) is 0 Å². The summed E-state index contributed by atoms with van der Waals surface area (Å²) in [4.78, 5) is 2.26. The molecule has 0 amide bonds. The molecule has 1 atom stereocenters. The average molecular weight is 289 g/mol. The second-order valence-corrected chi connectivity index (χ2v) is 5.95. The van der Waals surface area contributed by atoms with Crippen LogP contribution in [0, 0.1) is 25.2 Å². The molecule has 0 spiro atoms. The third kappa shape index (κ3) is 7.87. The summed E-state index contributed by atoms with van der Waals surface area (Å²) in [6.45, 7) is 9.36. The van der Waals surface area contributed by atoms with Crippen LogP contribution in [0.1, 0.15) is 25.0 Å². The van der Waals surface area contributed by atoms with Crippen molar-refractivity contribution in [2.45, 2.75) is 33.4 Å². The third-order valence-electron chi connectivity index (χ3n) is 3.11. The molecule has 1 aromatic rings. The molecule has 0 aliphatic heterocycles. The number of aliphatic hydroxyl groups excluding tert-OH is 1. The summed E-state index contributed by atoms with van der Waals surface area (Å²) in [6, 6.07) is 8.53. The molecule has 0 fully saturated rings. The normalized spacial score (nSPS) is 12.6. The number of rotatable bonds is 9. The van der Waals surface area contributed by atoms with Gasteiger partial charge in [0, 0.05) is 19.6 Å². The molecular formula is C18H27NO2. The lowest BCUT2D eigenvalue weighted by molar-refractivity contribution is 0.0238. The molecule has 1 unspecified atom stereocenters. The van der Waals surface area contributed by atoms with Crippen LogP contribution in [-0.2, 0) is 11.3 Å². The highest BCUT2D eigenvalue weighted by molar-refractivity contribution is 5.21. The first-order valence-electron chi connectivity index (χ1n) is 7.48. The quantitative estimate of drug-likeness (QED) is 0.560. The smallest absolute Gasteiger partial charge is 0.107 e. The third-order valence-corrected chi connectivity index (χ3v) is 3.11. The van der Waals surface area contributed by atoms with E-state index in [0.717, 1.165) is 13.1 Å². The van der Waals surface area contributed by atoms with E-state index in [-0.39, 0.29) is 13.2 Å². The molecule has 0 radical (unpaired) electrons. The van der Waals surface area contributed by atoms with Crippen LogP contribution in [0.4, 0.5) is 0 Å². The number of nitrogens with zero attached hydrogens (tertiary/aromatic N) is 1. The van der Waals surface area contributed by atoms with Gasteiger partial charge in [-0.25, -0.2) is 0 Å². The highest BCUT2D eigenvalue weighted by atomic mass is 16.5. The van der Waals surface area contributed by atoms with Crippen LogP contribution in [0.15, 0.2) is 24.3 Å². The van der Waals surface area contributed by atoms with E-state index in [0.29, 0.717) is 12.5 Å². The molecule has 0 aliphatic rings. The predicted molar refractivity (Wildman–Crippen MR) is 87.0 cm³/mol. The van der Waals surface area contributed by atoms with Gasteiger partial charge in [0.1, 0.15) is 6.61 Å². The number of ether oxygens (including phenoxy) is 1. The maximum Gasteiger partial charge on any atom is 0.107 e. The number of aryl methyl sites for hydroxylation is 1. The summed E-state index contributed by atoms with van der Waals surface area (Å²) in [7, 11) is 0. The van der Waals surface area contributed by atoms with Crippen molar-refractivity contribution >= 4 is 0 Å². The van der Waals surface area contributed by atoms with Crippen LogP contribution in [0.3, 0.4) is 0 Å². The monoisotopic (exact) mass is 289 g/mol. The summed E-state index contributed by atoms with van der Waals surface area (Å²) in [5, 5.41) is 10.0. The first-order chi connectivity index (χ1) is 10.0. The number of benzene rings is 1. The molecule has 0 aromatic heterocycles. The molecule has 1 aromatic carbocycles. The molecule has 116 valence electrons. The fourth-order valence-electron chi connectivity index (χ4n) is 2.28. The number of aliphatic hydroxyl groups is 1. The zero-order valence-corrected chi connectivity index (χ0v) is 13.4. The zero-order chi connectivity index (χ0) is 15.7. The Balaban J connectivity index is 2.54. The Morgan fingerprint density at radius 2 is 1.90 bits per heavy atom. The van der Waals surface area contributed by atoms with Crippen molar-refractivity contribution < 1.29 is 9.84 Å². The maximum atomic E-state index is 10.0. The first-order valence-corrected chi connectivity index (χ1v) is 7.48. The van der Waals surface area contributed by atoms with Crippen molar-refractivity contribution in [2.24, 2.45) is 5.92 Å². The summed E-state index contributed by atoms with van der Waals surface area (Å²) in [6.07, 6.45) is 4.62. The Hall–Kier alpha value is -1.34. The summed E-state index contributed by atoms with van der Waals surface area (Å²) in [5.74, 6) is 2.96. The van der Waals surface area contributed by atoms with E-state index in [1.807, 2.05) is 0 Å². The van der Waals surface area contributed by atoms with Crippen LogP contribution in [0.5, 0.6) is 0 Å². The van der Waals surface area contributed by atoms with E-state index in [4.69, 9.17) is 11.2 Å². The molecular weight excluding hydrogens is 262 g/mol. The molecule has 1 rings (SSSR count). The van der Waals surface area contributed by atoms with Gasteiger partial charge < -0.3 is 9.84 Å². The standard InChI is InChI=1S/C18H27NO2/c1-5-10-21-14-18(20)13-19(11-15(2)3)12-17-8-6-16(4)7-9-17/h1,6-9,15,18,20H,10-14H2,2-4H3. The van der Waals surface area contributed by atoms with Gasteiger partial charge in [0.25, 0.3) is 0 Å². The Labute approximate surface area is 128 Å². The summed E-state index contributed by atoms with van der Waals surface area (Å²) >= 11 is 0. The Bertz CT molecular complexity index is 434. The van der Waals surface area contributed by atoms with Crippen LogP contribution in [0.2, 0.25) is 0 Å². The minimum Gasteiger partial charge on any atom is -0.389 e. The van der Waals surface area contributed by atoms with E-state index >= 15 is 0 Å². The molecule has 3 heteroatoms. The van der Waals surface area contributed by atoms with Crippen LogP contribution >= 0.6 is 0 Å². The molecule has 1 N–H and O–H groups in total. The van der Waals surface area contributed by atoms with Crippen molar-refractivity contribution in [3.8, 4) is 12.3 Å². The van der Waals surface area contributed by atoms with Crippen molar-refractivity contribution in [2.75, 3.05) is 26.3 Å². The maximum absolute atomic E-state index is 10.0. The van der Waals surface area contributed by atoms with E-state index in [1.165, 1.54) is 11.1 Å². The summed E-state index contributed by atoms with van der Waals surface area (Å²) in [5.41, 5.74) is 2.52. The average Bonchev–Trinajstić information content (AvgIpc) is 2.41. The zero-order valence-electron chi connectivity index (χ0n) is 13.4. The minimum absolute atomic E-state index is 0.249. The molecule has 21 heavy (non-hydrogen) atoms. The number of hydrogen-bond acceptors (Lipinski definition) is 3. The lowest BCUT2D eigenvalue weighted by atomic mass is 10.1. The Morgan fingerprint density at radius 3 is 2.48 bits per heavy atom. The van der Waals surface area contributed by atoms with E-state index in [2.05, 4.69) is 55.9 Å². The topological polar surface area (TPSA) is 32.7 Å². The van der Waals surface area contributed by atoms with Gasteiger partial charge in [-0.1, -0.05) is 49.6 Å². The fourth-order valence-corrected chi connectivity index (χ4v) is 2.28. The van der Waals surface area contributed by atoms with Crippen molar-refractivity contribution in [3.05, 3.63) is 35.4 Å². The molecule has 0 saturated heterocycles. The van der Waals surface area contributed by atoms with Crippen LogP contribution in [0.25, 0.3) is 0 Å². The van der Waals surface area contributed by atoms with E-state index < -0.39 is 6.10 Å². The van der Waals surface area contributed by atoms with Crippen LogP contribution < -0.4 is 0 Å². The number of terminal acetylenes is 1. The molecule has 0 bridgehead atoms. The SMILES string of the molecule is C#CCOCC(O)CN(Cc1ccc(C)cc1)CC(C)C. The van der Waals surface area contributed by atoms with Gasteiger partial charge in [0.05, 0.1) is 12.7 Å². The molecule has 0 aliphatic carbocycles. The lowest BCUT2D eigenvalue weighted by Gasteiger charge is -2.26. The van der Waals surface area contributed by atoms with Gasteiger partial charge in [0.15, 0.2) is 0 Å². The van der Waals surface area contributed by atoms with E-state index in [1.54, 1.807) is 0 Å². The van der Waals surface area contributed by atoms with Gasteiger partial charge in [0.2, 0.25) is 0 Å². The highest BCUT2D eigenvalue weighted by Crippen LogP contribution is 2.10. The number of hydrogen-bond donors (Lipinski definition) is 1. The molecule has 0 heterocycles. The second-order valence-electron chi connectivity index (χ2n) is 5.95. The Morgan fingerprint density at radius 1 is 1.24 bits per heavy atom. The van der Waals surface area contributed by atoms with Gasteiger partial charge in [-0.15, -0.1) is 6.42 Å². The highest BCUT2D eigenvalue weighted by Gasteiger charge is 2.14. The van der Waals surface area contributed by atoms with E-state index in [9.17, 15) is 5.11 Å². The van der Waals surface area contributed by atoms with Crippen molar-refractivity contribution in [1.29, 1.82) is 0 Å². The fraction of sp³-hybridized carbons (Fsp3) is 0.556. The van der Waals surface area contributed by atoms with Crippen molar-refractivity contribution in [3.63, 3.8) is 0 Å².